The van der Waals surface area contributed by atoms with Crippen LogP contribution in [-0.2, 0) is 17.8 Å². The fourth-order valence-corrected chi connectivity index (χ4v) is 3.31. The maximum atomic E-state index is 14.0. The highest BCUT2D eigenvalue weighted by Crippen LogP contribution is 2.20. The van der Waals surface area contributed by atoms with Gasteiger partial charge in [0.1, 0.15) is 18.2 Å². The summed E-state index contributed by atoms with van der Waals surface area (Å²) in [7, 11) is 0. The molecule has 6 nitrogen and oxygen atoms in total. The number of nitrogens with zero attached hydrogens (tertiary/aromatic N) is 2. The second-order valence-electron chi connectivity index (χ2n) is 6.40. The second-order valence-corrected chi connectivity index (χ2v) is 7.32. The van der Waals surface area contributed by atoms with Crippen LogP contribution in [0.4, 0.5) is 10.1 Å². The van der Waals surface area contributed by atoms with E-state index in [2.05, 4.69) is 26.2 Å². The summed E-state index contributed by atoms with van der Waals surface area (Å²) in [4.78, 5) is 30.1. The number of carbonyl (C=O) groups excluding carboxylic acids is 1. The third-order valence-electron chi connectivity index (χ3n) is 4.37. The normalized spacial score (nSPS) is 10.8. The summed E-state index contributed by atoms with van der Waals surface area (Å²) in [6, 6.07) is 13.3. The molecular formula is C21H19BrFN3O3. The van der Waals surface area contributed by atoms with Gasteiger partial charge in [-0.05, 0) is 25.1 Å². The lowest BCUT2D eigenvalue weighted by atomic mass is 10.1. The van der Waals surface area contributed by atoms with Crippen molar-refractivity contribution in [2.24, 2.45) is 0 Å². The zero-order valence-electron chi connectivity index (χ0n) is 15.7. The van der Waals surface area contributed by atoms with Crippen LogP contribution in [0.5, 0.6) is 0 Å². The minimum absolute atomic E-state index is 0.0168. The third kappa shape index (κ3) is 4.78. The number of nitrogens with one attached hydrogen (secondary N) is 1. The minimum atomic E-state index is -0.591. The van der Waals surface area contributed by atoms with E-state index in [9.17, 15) is 19.1 Å². The van der Waals surface area contributed by atoms with Crippen LogP contribution in [-0.4, -0.2) is 27.2 Å². The Kier molecular flexibility index (Phi) is 6.56. The zero-order valence-corrected chi connectivity index (χ0v) is 17.2. The molecule has 2 aromatic carbocycles. The molecule has 0 fully saturated rings. The maximum absolute atomic E-state index is 14.0. The molecule has 0 aliphatic rings. The van der Waals surface area contributed by atoms with E-state index in [4.69, 9.17) is 0 Å². The van der Waals surface area contributed by atoms with Crippen molar-refractivity contribution in [3.63, 3.8) is 0 Å². The van der Waals surface area contributed by atoms with E-state index in [0.29, 0.717) is 27.1 Å². The van der Waals surface area contributed by atoms with Gasteiger partial charge in [0.15, 0.2) is 0 Å². The lowest BCUT2D eigenvalue weighted by molar-refractivity contribution is -0.116. The van der Waals surface area contributed by atoms with Gasteiger partial charge in [0.25, 0.3) is 5.56 Å². The summed E-state index contributed by atoms with van der Waals surface area (Å²) in [6.07, 6.45) is 0.135. The Morgan fingerprint density at radius 1 is 1.24 bits per heavy atom. The van der Waals surface area contributed by atoms with Crippen LogP contribution in [0.15, 0.2) is 57.8 Å². The summed E-state index contributed by atoms with van der Waals surface area (Å²) >= 11 is 3.16. The van der Waals surface area contributed by atoms with Crippen molar-refractivity contribution in [3.05, 3.63) is 80.4 Å². The number of aryl methyl sites for hydroxylation is 1. The lowest BCUT2D eigenvalue weighted by Gasteiger charge is -2.16. The van der Waals surface area contributed by atoms with Crippen molar-refractivity contribution in [1.82, 2.24) is 9.55 Å². The summed E-state index contributed by atoms with van der Waals surface area (Å²) < 4.78 is 15.8. The first-order chi connectivity index (χ1) is 13.9. The molecule has 0 saturated carbocycles. The smallest absolute Gasteiger partial charge is 0.257 e. The molecule has 0 aliphatic heterocycles. The number of anilines is 1. The van der Waals surface area contributed by atoms with Gasteiger partial charge in [-0.15, -0.1) is 0 Å². The Balaban J connectivity index is 2.01. The summed E-state index contributed by atoms with van der Waals surface area (Å²) in [5, 5.41) is 11.8. The first-order valence-electron chi connectivity index (χ1n) is 8.92. The van der Waals surface area contributed by atoms with E-state index in [1.165, 1.54) is 16.7 Å². The topological polar surface area (TPSA) is 84.2 Å². The fraction of sp³-hybridized carbons (Fsp3) is 0.190. The number of rotatable bonds is 6. The predicted octanol–water partition coefficient (Wildman–Crippen LogP) is 3.29. The first kappa shape index (κ1) is 20.9. The van der Waals surface area contributed by atoms with Crippen LogP contribution in [0.1, 0.15) is 11.3 Å². The van der Waals surface area contributed by atoms with Crippen molar-refractivity contribution >= 4 is 27.5 Å². The molecule has 29 heavy (non-hydrogen) atoms. The van der Waals surface area contributed by atoms with Crippen molar-refractivity contribution in [2.45, 2.75) is 19.9 Å². The molecule has 150 valence electrons. The van der Waals surface area contributed by atoms with Crippen molar-refractivity contribution in [3.8, 4) is 11.4 Å². The molecule has 1 aromatic heterocycles. The first-order valence-corrected chi connectivity index (χ1v) is 9.71. The SMILES string of the molecule is Cc1nc(-c2ccccc2)n(CC(=O)Nc2ccc(Br)cc2F)c(=O)c1CCO. The Hall–Kier alpha value is -2.84. The van der Waals surface area contributed by atoms with Gasteiger partial charge in [0, 0.05) is 34.3 Å². The molecule has 3 rings (SSSR count). The Bertz CT molecular complexity index is 1100. The molecule has 0 unspecified atom stereocenters. The summed E-state index contributed by atoms with van der Waals surface area (Å²) in [5.41, 5.74) is 1.12. The van der Waals surface area contributed by atoms with E-state index in [0.717, 1.165) is 0 Å². The highest BCUT2D eigenvalue weighted by molar-refractivity contribution is 9.10. The highest BCUT2D eigenvalue weighted by Gasteiger charge is 2.18. The quantitative estimate of drug-likeness (QED) is 0.592. The van der Waals surface area contributed by atoms with Gasteiger partial charge in [-0.1, -0.05) is 46.3 Å². The molecular weight excluding hydrogens is 441 g/mol. The Morgan fingerprint density at radius 2 is 1.97 bits per heavy atom. The molecule has 1 heterocycles. The van der Waals surface area contributed by atoms with E-state index < -0.39 is 17.3 Å². The van der Waals surface area contributed by atoms with Gasteiger partial charge in [0.2, 0.25) is 5.91 Å². The molecule has 8 heteroatoms. The number of benzene rings is 2. The van der Waals surface area contributed by atoms with Gasteiger partial charge in [-0.2, -0.15) is 0 Å². The number of aliphatic hydroxyl groups is 1. The number of amides is 1. The number of hydrogen-bond acceptors (Lipinski definition) is 4. The van der Waals surface area contributed by atoms with Crippen molar-refractivity contribution in [2.75, 3.05) is 11.9 Å². The van der Waals surface area contributed by atoms with E-state index in [-0.39, 0.29) is 25.3 Å². The van der Waals surface area contributed by atoms with Gasteiger partial charge < -0.3 is 10.4 Å². The number of aliphatic hydroxyl groups excluding tert-OH is 1. The van der Waals surface area contributed by atoms with Crippen LogP contribution < -0.4 is 10.9 Å². The van der Waals surface area contributed by atoms with Crippen LogP contribution in [0.2, 0.25) is 0 Å². The summed E-state index contributed by atoms with van der Waals surface area (Å²) in [6.45, 7) is 1.14. The number of aromatic nitrogens is 2. The molecule has 0 saturated heterocycles. The number of hydrogen-bond donors (Lipinski definition) is 2. The zero-order chi connectivity index (χ0) is 21.0. The standard InChI is InChI=1S/C21H19BrFN3O3/c1-13-16(9-10-27)21(29)26(20(24-13)14-5-3-2-4-6-14)12-19(28)25-18-8-7-15(22)11-17(18)23/h2-8,11,27H,9-10,12H2,1H3,(H,25,28). The largest absolute Gasteiger partial charge is 0.396 e. The van der Waals surface area contributed by atoms with Gasteiger partial charge in [-0.3, -0.25) is 14.2 Å². The van der Waals surface area contributed by atoms with Crippen LogP contribution in [0.3, 0.4) is 0 Å². The molecule has 1 amide bonds. The fourth-order valence-electron chi connectivity index (χ4n) is 2.98. The lowest BCUT2D eigenvalue weighted by Crippen LogP contribution is -2.33. The van der Waals surface area contributed by atoms with Gasteiger partial charge in [-0.25, -0.2) is 9.37 Å². The Morgan fingerprint density at radius 3 is 2.62 bits per heavy atom. The van der Waals surface area contributed by atoms with Crippen molar-refractivity contribution in [1.29, 1.82) is 0 Å². The van der Waals surface area contributed by atoms with Crippen LogP contribution >= 0.6 is 15.9 Å². The molecule has 0 radical (unpaired) electrons. The molecule has 0 spiro atoms. The van der Waals surface area contributed by atoms with Crippen LogP contribution in [0.25, 0.3) is 11.4 Å². The summed E-state index contributed by atoms with van der Waals surface area (Å²) in [5.74, 6) is -0.821. The predicted molar refractivity (Wildman–Crippen MR) is 112 cm³/mol. The molecule has 3 aromatic rings. The molecule has 2 N–H and O–H groups in total. The highest BCUT2D eigenvalue weighted by atomic mass is 79.9. The minimum Gasteiger partial charge on any atom is -0.396 e. The van der Waals surface area contributed by atoms with Crippen molar-refractivity contribution < 1.29 is 14.3 Å². The van der Waals surface area contributed by atoms with Gasteiger partial charge >= 0.3 is 0 Å². The monoisotopic (exact) mass is 459 g/mol. The molecule has 0 aliphatic carbocycles. The number of carbonyl (C=O) groups is 1. The van der Waals surface area contributed by atoms with Gasteiger partial charge in [0.05, 0.1) is 5.69 Å². The van der Waals surface area contributed by atoms with E-state index in [1.807, 2.05) is 6.07 Å². The maximum Gasteiger partial charge on any atom is 0.257 e. The number of halogens is 2. The third-order valence-corrected chi connectivity index (χ3v) is 4.86. The Labute approximate surface area is 175 Å². The average Bonchev–Trinajstić information content (AvgIpc) is 2.70. The van der Waals surface area contributed by atoms with Crippen LogP contribution in [0, 0.1) is 12.7 Å². The average molecular weight is 460 g/mol. The van der Waals surface area contributed by atoms with E-state index in [1.54, 1.807) is 37.3 Å². The van der Waals surface area contributed by atoms with E-state index >= 15 is 0 Å². The molecule has 0 bridgehead atoms. The molecule has 0 atom stereocenters. The second kappa shape index (κ2) is 9.11.